The number of benzene rings is 3. The third kappa shape index (κ3) is 5.65. The van der Waals surface area contributed by atoms with Crippen LogP contribution in [0.3, 0.4) is 0 Å². The Morgan fingerprint density at radius 3 is 2.35 bits per heavy atom. The molecule has 0 saturated carbocycles. The zero-order valence-electron chi connectivity index (χ0n) is 18.6. The van der Waals surface area contributed by atoms with Crippen molar-refractivity contribution in [2.45, 2.75) is 12.1 Å². The number of hydrogen-bond acceptors (Lipinski definition) is 5. The van der Waals surface area contributed by atoms with Gasteiger partial charge in [-0.3, -0.25) is 4.90 Å². The van der Waals surface area contributed by atoms with Crippen LogP contribution in [0.4, 0.5) is 10.1 Å². The number of rotatable bonds is 8. The molecular weight excluding hydrogens is 478 g/mol. The molecule has 180 valence electrons. The van der Waals surface area contributed by atoms with Crippen LogP contribution in [0.2, 0.25) is 10.0 Å². The van der Waals surface area contributed by atoms with Crippen molar-refractivity contribution in [3.8, 4) is 5.75 Å². The van der Waals surface area contributed by atoms with E-state index in [1.54, 1.807) is 18.2 Å². The molecule has 1 fully saturated rings. The molecule has 2 atom stereocenters. The van der Waals surface area contributed by atoms with Gasteiger partial charge in [0.05, 0.1) is 36.0 Å². The molecule has 0 aliphatic carbocycles. The summed E-state index contributed by atoms with van der Waals surface area (Å²) in [6.07, 6.45) is 0. The molecule has 0 spiro atoms. The SMILES string of the molecule is OCCOc1ccc(N2CCN([C@@H](CO)c3ccc(F)cc3)C[C@H]2c2ccc(Cl)cc2)c(Cl)c1. The van der Waals surface area contributed by atoms with Gasteiger partial charge in [0.25, 0.3) is 0 Å². The minimum atomic E-state index is -0.301. The number of halogens is 3. The zero-order chi connectivity index (χ0) is 24.1. The molecule has 1 saturated heterocycles. The second kappa shape index (κ2) is 11.4. The predicted octanol–water partition coefficient (Wildman–Crippen LogP) is 5.10. The fourth-order valence-corrected chi connectivity index (χ4v) is 4.84. The smallest absolute Gasteiger partial charge is 0.123 e. The van der Waals surface area contributed by atoms with E-state index >= 15 is 0 Å². The standard InChI is InChI=1S/C26H27Cl2FN2O3/c27-20-5-1-18(2-6-20)25-16-30(26(17-33)19-3-7-21(29)8-4-19)11-12-31(25)24-10-9-22(15-23(24)28)34-14-13-32/h1-10,15,25-26,32-33H,11-14,16-17H2/t25-,26-/m0/s1. The van der Waals surface area contributed by atoms with E-state index in [0.29, 0.717) is 35.4 Å². The third-order valence-electron chi connectivity index (χ3n) is 6.12. The molecule has 0 amide bonds. The number of aliphatic hydroxyl groups excluding tert-OH is 2. The number of aliphatic hydroxyl groups is 2. The minimum Gasteiger partial charge on any atom is -0.491 e. The lowest BCUT2D eigenvalue weighted by molar-refractivity contribution is 0.103. The van der Waals surface area contributed by atoms with Gasteiger partial charge in [0, 0.05) is 30.7 Å². The first-order valence-corrected chi connectivity index (χ1v) is 11.9. The predicted molar refractivity (Wildman–Crippen MR) is 133 cm³/mol. The first-order chi connectivity index (χ1) is 16.5. The molecule has 0 radical (unpaired) electrons. The van der Waals surface area contributed by atoms with Crippen LogP contribution in [0.5, 0.6) is 5.75 Å². The number of anilines is 1. The maximum absolute atomic E-state index is 13.5. The van der Waals surface area contributed by atoms with Crippen molar-refractivity contribution in [1.29, 1.82) is 0 Å². The van der Waals surface area contributed by atoms with Crippen molar-refractivity contribution in [3.05, 3.63) is 93.7 Å². The maximum Gasteiger partial charge on any atom is 0.123 e. The van der Waals surface area contributed by atoms with Crippen LogP contribution in [-0.2, 0) is 0 Å². The molecule has 0 aromatic heterocycles. The Bertz CT molecular complexity index is 1080. The van der Waals surface area contributed by atoms with Crippen LogP contribution in [0.1, 0.15) is 23.2 Å². The van der Waals surface area contributed by atoms with E-state index in [4.69, 9.17) is 33.0 Å². The second-order valence-electron chi connectivity index (χ2n) is 8.19. The number of piperazine rings is 1. The molecule has 5 nitrogen and oxygen atoms in total. The Hall–Kier alpha value is -2.35. The van der Waals surface area contributed by atoms with E-state index < -0.39 is 0 Å². The molecule has 2 N–H and O–H groups in total. The van der Waals surface area contributed by atoms with Gasteiger partial charge in [-0.15, -0.1) is 0 Å². The fraction of sp³-hybridized carbons (Fsp3) is 0.308. The molecule has 1 aliphatic heterocycles. The zero-order valence-corrected chi connectivity index (χ0v) is 20.1. The lowest BCUT2D eigenvalue weighted by Crippen LogP contribution is -2.50. The van der Waals surface area contributed by atoms with Gasteiger partial charge in [-0.2, -0.15) is 0 Å². The molecule has 8 heteroatoms. The average Bonchev–Trinajstić information content (AvgIpc) is 2.85. The van der Waals surface area contributed by atoms with Crippen molar-refractivity contribution in [2.75, 3.05) is 44.4 Å². The van der Waals surface area contributed by atoms with Crippen LogP contribution in [0, 0.1) is 5.82 Å². The normalized spacial score (nSPS) is 17.6. The van der Waals surface area contributed by atoms with E-state index in [1.807, 2.05) is 36.4 Å². The van der Waals surface area contributed by atoms with E-state index in [2.05, 4.69) is 9.80 Å². The first-order valence-electron chi connectivity index (χ1n) is 11.2. The molecule has 3 aromatic carbocycles. The monoisotopic (exact) mass is 504 g/mol. The summed E-state index contributed by atoms with van der Waals surface area (Å²) in [6, 6.07) is 19.3. The Labute approximate surface area is 208 Å². The lowest BCUT2D eigenvalue weighted by atomic mass is 9.98. The summed E-state index contributed by atoms with van der Waals surface area (Å²) in [6.45, 7) is 2.04. The fourth-order valence-electron chi connectivity index (χ4n) is 4.44. The molecule has 4 rings (SSSR count). The van der Waals surface area contributed by atoms with E-state index in [-0.39, 0.29) is 37.7 Å². The summed E-state index contributed by atoms with van der Waals surface area (Å²) in [5.74, 6) is 0.298. The van der Waals surface area contributed by atoms with Crippen LogP contribution in [-0.4, -0.2) is 54.6 Å². The highest BCUT2D eigenvalue weighted by atomic mass is 35.5. The molecular formula is C26H27Cl2FN2O3. The quantitative estimate of drug-likeness (QED) is 0.446. The Kier molecular flexibility index (Phi) is 8.29. The van der Waals surface area contributed by atoms with E-state index in [1.165, 1.54) is 12.1 Å². The van der Waals surface area contributed by atoms with Crippen LogP contribution >= 0.6 is 23.2 Å². The summed E-state index contributed by atoms with van der Waals surface area (Å²) >= 11 is 12.8. The first kappa shape index (κ1) is 24.8. The van der Waals surface area contributed by atoms with Crippen molar-refractivity contribution in [1.82, 2.24) is 4.90 Å². The highest BCUT2D eigenvalue weighted by Crippen LogP contribution is 2.39. The van der Waals surface area contributed by atoms with Crippen molar-refractivity contribution < 1.29 is 19.3 Å². The Balaban J connectivity index is 1.64. The third-order valence-corrected chi connectivity index (χ3v) is 6.68. The highest BCUT2D eigenvalue weighted by molar-refractivity contribution is 6.33. The Morgan fingerprint density at radius 2 is 1.71 bits per heavy atom. The largest absolute Gasteiger partial charge is 0.491 e. The molecule has 1 heterocycles. The highest BCUT2D eigenvalue weighted by Gasteiger charge is 2.33. The summed E-state index contributed by atoms with van der Waals surface area (Å²) in [5, 5.41) is 20.4. The van der Waals surface area contributed by atoms with Gasteiger partial charge in [0.1, 0.15) is 18.2 Å². The number of ether oxygens (including phenoxy) is 1. The van der Waals surface area contributed by atoms with E-state index in [9.17, 15) is 9.50 Å². The summed E-state index contributed by atoms with van der Waals surface area (Å²) < 4.78 is 19.0. The van der Waals surface area contributed by atoms with E-state index in [0.717, 1.165) is 16.8 Å². The van der Waals surface area contributed by atoms with Crippen molar-refractivity contribution in [3.63, 3.8) is 0 Å². The van der Waals surface area contributed by atoms with Gasteiger partial charge >= 0.3 is 0 Å². The van der Waals surface area contributed by atoms with Crippen molar-refractivity contribution >= 4 is 28.9 Å². The maximum atomic E-state index is 13.5. The minimum absolute atomic E-state index is 0.0535. The molecule has 3 aromatic rings. The summed E-state index contributed by atoms with van der Waals surface area (Å²) in [7, 11) is 0. The second-order valence-corrected chi connectivity index (χ2v) is 9.03. The Morgan fingerprint density at radius 1 is 0.971 bits per heavy atom. The van der Waals surface area contributed by atoms with Gasteiger partial charge in [-0.1, -0.05) is 47.5 Å². The summed E-state index contributed by atoms with van der Waals surface area (Å²) in [4.78, 5) is 4.46. The topological polar surface area (TPSA) is 56.2 Å². The molecule has 1 aliphatic rings. The van der Waals surface area contributed by atoms with Crippen LogP contribution in [0.25, 0.3) is 0 Å². The van der Waals surface area contributed by atoms with Gasteiger partial charge in [0.15, 0.2) is 0 Å². The van der Waals surface area contributed by atoms with Crippen molar-refractivity contribution in [2.24, 2.45) is 0 Å². The van der Waals surface area contributed by atoms with Crippen LogP contribution in [0.15, 0.2) is 66.7 Å². The number of nitrogens with zero attached hydrogens (tertiary/aromatic N) is 2. The molecule has 0 bridgehead atoms. The van der Waals surface area contributed by atoms with Gasteiger partial charge in [0.2, 0.25) is 0 Å². The molecule has 34 heavy (non-hydrogen) atoms. The number of hydrogen-bond donors (Lipinski definition) is 2. The van der Waals surface area contributed by atoms with Gasteiger partial charge < -0.3 is 19.8 Å². The lowest BCUT2D eigenvalue weighted by Gasteiger charge is -2.46. The van der Waals surface area contributed by atoms with Gasteiger partial charge in [-0.25, -0.2) is 4.39 Å². The van der Waals surface area contributed by atoms with Gasteiger partial charge in [-0.05, 0) is 47.5 Å². The van der Waals surface area contributed by atoms with Crippen LogP contribution < -0.4 is 9.64 Å². The molecule has 0 unspecified atom stereocenters. The summed E-state index contributed by atoms with van der Waals surface area (Å²) in [5.41, 5.74) is 2.82. The average molecular weight is 505 g/mol.